The van der Waals surface area contributed by atoms with Gasteiger partial charge in [0.2, 0.25) is 0 Å². The molecule has 3 heteroatoms. The normalized spacial score (nSPS) is 10.0. The number of rotatable bonds is 5. The van der Waals surface area contributed by atoms with E-state index in [9.17, 15) is 4.79 Å². The fourth-order valence-corrected chi connectivity index (χ4v) is 1.22. The van der Waals surface area contributed by atoms with Crippen molar-refractivity contribution >= 4 is 0 Å². The molecule has 0 saturated carbocycles. The smallest absolute Gasteiger partial charge is 0.250 e. The van der Waals surface area contributed by atoms with Crippen LogP contribution in [0.3, 0.4) is 0 Å². The number of hydrogen-bond acceptors (Lipinski definition) is 2. The molecular formula is C12H18N2O. The fourth-order valence-electron chi connectivity index (χ4n) is 1.22. The molecule has 15 heavy (non-hydrogen) atoms. The molecule has 1 aromatic heterocycles. The highest BCUT2D eigenvalue weighted by Gasteiger charge is 1.91. The van der Waals surface area contributed by atoms with Crippen LogP contribution < -0.4 is 10.9 Å². The van der Waals surface area contributed by atoms with Crippen LogP contribution in [0.25, 0.3) is 0 Å². The zero-order chi connectivity index (χ0) is 11.1. The summed E-state index contributed by atoms with van der Waals surface area (Å²) >= 11 is 0. The Kier molecular flexibility index (Phi) is 4.84. The summed E-state index contributed by atoms with van der Waals surface area (Å²) < 4.78 is 1.70. The first-order valence-electron chi connectivity index (χ1n) is 5.19. The molecule has 0 bridgehead atoms. The molecule has 0 amide bonds. The van der Waals surface area contributed by atoms with Gasteiger partial charge >= 0.3 is 0 Å². The van der Waals surface area contributed by atoms with E-state index in [1.807, 2.05) is 12.3 Å². The molecule has 1 aromatic rings. The van der Waals surface area contributed by atoms with E-state index in [1.165, 1.54) is 5.57 Å². The molecule has 0 aliphatic carbocycles. The number of nitrogens with zero attached hydrogens (tertiary/aromatic N) is 1. The Hall–Kier alpha value is -1.35. The van der Waals surface area contributed by atoms with Gasteiger partial charge in [-0.2, -0.15) is 0 Å². The second kappa shape index (κ2) is 6.19. The molecule has 1 heterocycles. The highest BCUT2D eigenvalue weighted by Crippen LogP contribution is 1.85. The molecule has 82 valence electrons. The van der Waals surface area contributed by atoms with Gasteiger partial charge in [-0.05, 0) is 19.9 Å². The molecule has 0 spiro atoms. The van der Waals surface area contributed by atoms with Gasteiger partial charge in [-0.15, -0.1) is 0 Å². The summed E-state index contributed by atoms with van der Waals surface area (Å²) in [5.41, 5.74) is 1.36. The van der Waals surface area contributed by atoms with Crippen LogP contribution in [0.1, 0.15) is 13.8 Å². The van der Waals surface area contributed by atoms with Crippen molar-refractivity contribution in [3.8, 4) is 0 Å². The van der Waals surface area contributed by atoms with Crippen molar-refractivity contribution in [1.82, 2.24) is 9.88 Å². The number of hydrogen-bond donors (Lipinski definition) is 1. The van der Waals surface area contributed by atoms with Gasteiger partial charge in [-0.1, -0.05) is 17.7 Å². The average Bonchev–Trinajstić information content (AvgIpc) is 2.20. The number of nitrogens with one attached hydrogen (secondary N) is 1. The van der Waals surface area contributed by atoms with Crippen molar-refractivity contribution in [1.29, 1.82) is 0 Å². The predicted octanol–water partition coefficient (Wildman–Crippen LogP) is 1.40. The van der Waals surface area contributed by atoms with Crippen LogP contribution >= 0.6 is 0 Å². The third-order valence-electron chi connectivity index (χ3n) is 2.08. The molecule has 0 saturated heterocycles. The van der Waals surface area contributed by atoms with Crippen LogP contribution in [0.15, 0.2) is 40.8 Å². The van der Waals surface area contributed by atoms with Crippen LogP contribution in [0.5, 0.6) is 0 Å². The van der Waals surface area contributed by atoms with E-state index in [0.29, 0.717) is 0 Å². The van der Waals surface area contributed by atoms with Gasteiger partial charge in [0, 0.05) is 31.9 Å². The molecule has 0 aliphatic rings. The number of pyridine rings is 1. The van der Waals surface area contributed by atoms with Crippen molar-refractivity contribution in [2.24, 2.45) is 0 Å². The lowest BCUT2D eigenvalue weighted by molar-refractivity contribution is 0.609. The monoisotopic (exact) mass is 206 g/mol. The van der Waals surface area contributed by atoms with Gasteiger partial charge in [-0.25, -0.2) is 0 Å². The van der Waals surface area contributed by atoms with Crippen molar-refractivity contribution in [2.75, 3.05) is 13.1 Å². The zero-order valence-corrected chi connectivity index (χ0v) is 9.36. The predicted molar refractivity (Wildman–Crippen MR) is 63.0 cm³/mol. The van der Waals surface area contributed by atoms with Crippen molar-refractivity contribution in [3.05, 3.63) is 46.4 Å². The van der Waals surface area contributed by atoms with Crippen molar-refractivity contribution in [2.45, 2.75) is 20.4 Å². The maximum atomic E-state index is 11.3. The Morgan fingerprint density at radius 1 is 1.47 bits per heavy atom. The molecule has 1 N–H and O–H groups in total. The average molecular weight is 206 g/mol. The largest absolute Gasteiger partial charge is 0.314 e. The van der Waals surface area contributed by atoms with Crippen LogP contribution in [0.2, 0.25) is 0 Å². The third-order valence-corrected chi connectivity index (χ3v) is 2.08. The molecule has 0 fully saturated rings. The molecule has 1 rings (SSSR count). The van der Waals surface area contributed by atoms with Crippen molar-refractivity contribution < 1.29 is 0 Å². The van der Waals surface area contributed by atoms with Gasteiger partial charge in [-0.3, -0.25) is 4.79 Å². The maximum absolute atomic E-state index is 11.3. The van der Waals surface area contributed by atoms with Crippen LogP contribution in [0.4, 0.5) is 0 Å². The van der Waals surface area contributed by atoms with Gasteiger partial charge in [0.05, 0.1) is 0 Å². The van der Waals surface area contributed by atoms with Gasteiger partial charge in [0.15, 0.2) is 0 Å². The third kappa shape index (κ3) is 4.61. The Balaban J connectivity index is 2.30. The highest BCUT2D eigenvalue weighted by atomic mass is 16.1. The molecule has 0 atom stereocenters. The lowest BCUT2D eigenvalue weighted by atomic mass is 10.3. The van der Waals surface area contributed by atoms with Crippen LogP contribution in [-0.4, -0.2) is 17.7 Å². The second-order valence-corrected chi connectivity index (χ2v) is 3.72. The number of allylic oxidation sites excluding steroid dienone is 1. The van der Waals surface area contributed by atoms with E-state index in [4.69, 9.17) is 0 Å². The summed E-state index contributed by atoms with van der Waals surface area (Å²) in [7, 11) is 0. The first kappa shape index (κ1) is 11.7. The minimum atomic E-state index is 0.0570. The summed E-state index contributed by atoms with van der Waals surface area (Å²) in [6.45, 7) is 6.54. The highest BCUT2D eigenvalue weighted by molar-refractivity contribution is 4.95. The SMILES string of the molecule is CC(C)=CCNCCn1ccccc1=O. The first-order chi connectivity index (χ1) is 7.20. The van der Waals surface area contributed by atoms with Gasteiger partial charge in [0.25, 0.3) is 5.56 Å². The maximum Gasteiger partial charge on any atom is 0.250 e. The van der Waals surface area contributed by atoms with E-state index in [0.717, 1.165) is 19.6 Å². The summed E-state index contributed by atoms with van der Waals surface area (Å²) in [6, 6.07) is 5.21. The molecule has 0 aromatic carbocycles. The quantitative estimate of drug-likeness (QED) is 0.583. The lowest BCUT2D eigenvalue weighted by Gasteiger charge is -2.05. The molecule has 0 radical (unpaired) electrons. The van der Waals surface area contributed by atoms with E-state index in [2.05, 4.69) is 25.2 Å². The van der Waals surface area contributed by atoms with Crippen LogP contribution in [-0.2, 0) is 6.54 Å². The first-order valence-corrected chi connectivity index (χ1v) is 5.19. The Bertz CT molecular complexity index is 375. The molecular weight excluding hydrogens is 188 g/mol. The van der Waals surface area contributed by atoms with E-state index in [-0.39, 0.29) is 5.56 Å². The summed E-state index contributed by atoms with van der Waals surface area (Å²) in [5.74, 6) is 0. The van der Waals surface area contributed by atoms with E-state index >= 15 is 0 Å². The Labute approximate surface area is 90.4 Å². The minimum absolute atomic E-state index is 0.0570. The summed E-state index contributed by atoms with van der Waals surface area (Å²) in [4.78, 5) is 11.3. The zero-order valence-electron chi connectivity index (χ0n) is 9.36. The summed E-state index contributed by atoms with van der Waals surface area (Å²) in [5, 5.41) is 3.26. The van der Waals surface area contributed by atoms with Crippen LogP contribution in [0, 0.1) is 0 Å². The van der Waals surface area contributed by atoms with Gasteiger partial charge < -0.3 is 9.88 Å². The molecule has 0 unspecified atom stereocenters. The summed E-state index contributed by atoms with van der Waals surface area (Å²) in [6.07, 6.45) is 3.94. The second-order valence-electron chi connectivity index (χ2n) is 3.72. The Morgan fingerprint density at radius 3 is 2.93 bits per heavy atom. The standard InChI is InChI=1S/C12H18N2O/c1-11(2)6-7-13-8-10-14-9-4-3-5-12(14)15/h3-6,9,13H,7-8,10H2,1-2H3. The molecule has 3 nitrogen and oxygen atoms in total. The minimum Gasteiger partial charge on any atom is -0.314 e. The van der Waals surface area contributed by atoms with E-state index in [1.54, 1.807) is 16.7 Å². The van der Waals surface area contributed by atoms with Crippen molar-refractivity contribution in [3.63, 3.8) is 0 Å². The lowest BCUT2D eigenvalue weighted by Crippen LogP contribution is -2.26. The topological polar surface area (TPSA) is 34.0 Å². The molecule has 0 aliphatic heterocycles. The Morgan fingerprint density at radius 2 is 2.27 bits per heavy atom. The van der Waals surface area contributed by atoms with Gasteiger partial charge in [0.1, 0.15) is 0 Å². The fraction of sp³-hybridized carbons (Fsp3) is 0.417. The van der Waals surface area contributed by atoms with E-state index < -0.39 is 0 Å². The number of aromatic nitrogens is 1.